The van der Waals surface area contributed by atoms with Gasteiger partial charge in [0, 0.05) is 17.6 Å². The summed E-state index contributed by atoms with van der Waals surface area (Å²) in [5.41, 5.74) is 1.11. The van der Waals surface area contributed by atoms with E-state index in [1.807, 2.05) is 23.6 Å². The normalized spacial score (nSPS) is 11.1. The number of ether oxygens (including phenoxy) is 1. The van der Waals surface area contributed by atoms with E-state index in [1.54, 1.807) is 0 Å². The lowest BCUT2D eigenvalue weighted by molar-refractivity contribution is 0.139. The molecule has 86 valence electrons. The minimum Gasteiger partial charge on any atom is -0.380 e. The van der Waals surface area contributed by atoms with Gasteiger partial charge >= 0.3 is 0 Å². The standard InChI is InChI=1S/C11H13BrN2OS/c1-2-15-6-5-14-9-4-3-8(12)7-10(9)16-11(14)13/h3-4,7,13H,2,5-6H2,1H3. The third-order valence-corrected chi connectivity index (χ3v) is 3.78. The molecule has 0 bridgehead atoms. The molecule has 0 amide bonds. The van der Waals surface area contributed by atoms with Crippen molar-refractivity contribution in [2.45, 2.75) is 13.5 Å². The summed E-state index contributed by atoms with van der Waals surface area (Å²) in [7, 11) is 0. The summed E-state index contributed by atoms with van der Waals surface area (Å²) < 4.78 is 9.50. The maximum Gasteiger partial charge on any atom is 0.182 e. The zero-order valence-electron chi connectivity index (χ0n) is 9.00. The molecule has 0 unspecified atom stereocenters. The van der Waals surface area contributed by atoms with Crippen LogP contribution in [0.1, 0.15) is 6.92 Å². The van der Waals surface area contributed by atoms with Gasteiger partial charge in [0.25, 0.3) is 0 Å². The van der Waals surface area contributed by atoms with Crippen molar-refractivity contribution in [2.24, 2.45) is 0 Å². The Morgan fingerprint density at radius 3 is 3.06 bits per heavy atom. The molecule has 1 heterocycles. The largest absolute Gasteiger partial charge is 0.380 e. The molecule has 0 atom stereocenters. The average Bonchev–Trinajstić information content (AvgIpc) is 2.55. The molecule has 0 aliphatic carbocycles. The van der Waals surface area contributed by atoms with Crippen LogP contribution in [0.2, 0.25) is 0 Å². The Labute approximate surface area is 106 Å². The fraction of sp³-hybridized carbons (Fsp3) is 0.364. The summed E-state index contributed by atoms with van der Waals surface area (Å²) in [5.74, 6) is 0. The molecule has 5 heteroatoms. The van der Waals surface area contributed by atoms with Crippen LogP contribution in [-0.4, -0.2) is 17.8 Å². The van der Waals surface area contributed by atoms with Gasteiger partial charge in [-0.05, 0) is 25.1 Å². The lowest BCUT2D eigenvalue weighted by atomic mass is 10.3. The van der Waals surface area contributed by atoms with Gasteiger partial charge in [-0.3, -0.25) is 5.41 Å². The second kappa shape index (κ2) is 5.12. The predicted molar refractivity (Wildman–Crippen MR) is 69.9 cm³/mol. The number of nitrogens with zero attached hydrogens (tertiary/aromatic N) is 1. The van der Waals surface area contributed by atoms with Crippen LogP contribution in [0.4, 0.5) is 0 Å². The van der Waals surface area contributed by atoms with Crippen LogP contribution >= 0.6 is 27.3 Å². The van der Waals surface area contributed by atoms with E-state index in [2.05, 4.69) is 22.0 Å². The Kier molecular flexibility index (Phi) is 3.78. The minimum absolute atomic E-state index is 0.577. The first kappa shape index (κ1) is 11.8. The molecule has 0 saturated heterocycles. The maximum atomic E-state index is 7.92. The second-order valence-electron chi connectivity index (χ2n) is 3.37. The van der Waals surface area contributed by atoms with Crippen LogP contribution in [0.25, 0.3) is 10.2 Å². The molecule has 1 N–H and O–H groups in total. The maximum absolute atomic E-state index is 7.92. The van der Waals surface area contributed by atoms with Crippen molar-refractivity contribution < 1.29 is 4.74 Å². The fourth-order valence-corrected chi connectivity index (χ4v) is 3.07. The van der Waals surface area contributed by atoms with Crippen LogP contribution in [-0.2, 0) is 11.3 Å². The first-order chi connectivity index (χ1) is 7.72. The molecular formula is C11H13BrN2OS. The van der Waals surface area contributed by atoms with E-state index in [9.17, 15) is 0 Å². The molecule has 2 rings (SSSR count). The van der Waals surface area contributed by atoms with Gasteiger partial charge in [-0.2, -0.15) is 0 Å². The van der Waals surface area contributed by atoms with E-state index in [-0.39, 0.29) is 0 Å². The smallest absolute Gasteiger partial charge is 0.182 e. The molecule has 0 aliphatic heterocycles. The van der Waals surface area contributed by atoms with Crippen molar-refractivity contribution >= 4 is 37.5 Å². The van der Waals surface area contributed by atoms with Gasteiger partial charge in [0.1, 0.15) is 0 Å². The molecule has 0 aliphatic rings. The monoisotopic (exact) mass is 300 g/mol. The summed E-state index contributed by atoms with van der Waals surface area (Å²) in [6.07, 6.45) is 0. The summed E-state index contributed by atoms with van der Waals surface area (Å²) in [4.78, 5) is 0.577. The summed E-state index contributed by atoms with van der Waals surface area (Å²) in [6, 6.07) is 6.10. The van der Waals surface area contributed by atoms with E-state index in [0.29, 0.717) is 11.4 Å². The summed E-state index contributed by atoms with van der Waals surface area (Å²) in [6.45, 7) is 4.11. The highest BCUT2D eigenvalue weighted by molar-refractivity contribution is 9.10. The zero-order valence-corrected chi connectivity index (χ0v) is 11.4. The molecular weight excluding hydrogens is 288 g/mol. The molecule has 2 aromatic rings. The van der Waals surface area contributed by atoms with Crippen LogP contribution in [0, 0.1) is 5.41 Å². The number of thiazole rings is 1. The van der Waals surface area contributed by atoms with E-state index < -0.39 is 0 Å². The molecule has 0 saturated carbocycles. The van der Waals surface area contributed by atoms with Crippen LogP contribution in [0.5, 0.6) is 0 Å². The van der Waals surface area contributed by atoms with E-state index >= 15 is 0 Å². The number of halogens is 1. The van der Waals surface area contributed by atoms with Crippen molar-refractivity contribution in [1.29, 1.82) is 5.41 Å². The van der Waals surface area contributed by atoms with Crippen LogP contribution in [0.15, 0.2) is 22.7 Å². The molecule has 0 radical (unpaired) electrons. The Bertz CT molecular complexity index is 546. The quantitative estimate of drug-likeness (QED) is 0.866. The Hall–Kier alpha value is -0.650. The zero-order chi connectivity index (χ0) is 11.5. The fourth-order valence-electron chi connectivity index (χ4n) is 1.58. The van der Waals surface area contributed by atoms with Crippen molar-refractivity contribution in [3.05, 3.63) is 27.5 Å². The van der Waals surface area contributed by atoms with Gasteiger partial charge < -0.3 is 9.30 Å². The minimum atomic E-state index is 0.577. The Balaban J connectivity index is 2.36. The SMILES string of the molecule is CCOCCn1c(=N)sc2cc(Br)ccc21. The number of nitrogens with one attached hydrogen (secondary N) is 1. The Morgan fingerprint density at radius 1 is 1.50 bits per heavy atom. The predicted octanol–water partition coefficient (Wildman–Crippen LogP) is 2.98. The molecule has 3 nitrogen and oxygen atoms in total. The second-order valence-corrected chi connectivity index (χ2v) is 5.31. The van der Waals surface area contributed by atoms with E-state index in [4.69, 9.17) is 10.1 Å². The first-order valence-corrected chi connectivity index (χ1v) is 6.74. The lowest BCUT2D eigenvalue weighted by Gasteiger charge is -2.04. The third kappa shape index (κ3) is 2.36. The van der Waals surface area contributed by atoms with E-state index in [0.717, 1.165) is 27.8 Å². The van der Waals surface area contributed by atoms with Crippen molar-refractivity contribution in [2.75, 3.05) is 13.2 Å². The van der Waals surface area contributed by atoms with Crippen molar-refractivity contribution in [3.63, 3.8) is 0 Å². The van der Waals surface area contributed by atoms with Gasteiger partial charge in [0.15, 0.2) is 4.80 Å². The number of fused-ring (bicyclic) bond motifs is 1. The van der Waals surface area contributed by atoms with Gasteiger partial charge in [0.2, 0.25) is 0 Å². The lowest BCUT2D eigenvalue weighted by Crippen LogP contribution is -2.16. The van der Waals surface area contributed by atoms with Gasteiger partial charge in [0.05, 0.1) is 16.8 Å². The summed E-state index contributed by atoms with van der Waals surface area (Å²) in [5, 5.41) is 7.92. The van der Waals surface area contributed by atoms with Gasteiger partial charge in [-0.1, -0.05) is 27.3 Å². The highest BCUT2D eigenvalue weighted by atomic mass is 79.9. The van der Waals surface area contributed by atoms with E-state index in [1.165, 1.54) is 11.3 Å². The van der Waals surface area contributed by atoms with Crippen molar-refractivity contribution in [1.82, 2.24) is 4.57 Å². The topological polar surface area (TPSA) is 38.0 Å². The molecule has 1 aromatic carbocycles. The third-order valence-electron chi connectivity index (χ3n) is 2.33. The van der Waals surface area contributed by atoms with Gasteiger partial charge in [-0.15, -0.1) is 0 Å². The molecule has 1 aromatic heterocycles. The number of rotatable bonds is 4. The Morgan fingerprint density at radius 2 is 2.31 bits per heavy atom. The van der Waals surface area contributed by atoms with Crippen LogP contribution in [0.3, 0.4) is 0 Å². The number of aromatic nitrogens is 1. The highest BCUT2D eigenvalue weighted by Crippen LogP contribution is 2.21. The van der Waals surface area contributed by atoms with Crippen molar-refractivity contribution in [3.8, 4) is 0 Å². The molecule has 16 heavy (non-hydrogen) atoms. The average molecular weight is 301 g/mol. The van der Waals surface area contributed by atoms with Gasteiger partial charge in [-0.25, -0.2) is 0 Å². The molecule has 0 fully saturated rings. The van der Waals surface area contributed by atoms with Crippen LogP contribution < -0.4 is 4.80 Å². The number of benzene rings is 1. The summed E-state index contributed by atoms with van der Waals surface area (Å²) >= 11 is 4.94. The molecule has 0 spiro atoms. The highest BCUT2D eigenvalue weighted by Gasteiger charge is 2.05. The first-order valence-electron chi connectivity index (χ1n) is 5.13. The number of hydrogen-bond donors (Lipinski definition) is 1. The number of hydrogen-bond acceptors (Lipinski definition) is 3.